The van der Waals surface area contributed by atoms with Gasteiger partial charge in [-0.3, -0.25) is 0 Å². The minimum Gasteiger partial charge on any atom is -0.444 e. The molecule has 4 heterocycles. The number of nitrogens with zero attached hydrogens (tertiary/aromatic N) is 6. The molecule has 8 nitrogen and oxygen atoms in total. The Morgan fingerprint density at radius 3 is 2.41 bits per heavy atom. The molecular weight excluding hydrogens is 529 g/mol. The van der Waals surface area contributed by atoms with Gasteiger partial charge in [0, 0.05) is 36.6 Å². The van der Waals surface area contributed by atoms with Gasteiger partial charge in [-0.15, -0.1) is 21.5 Å². The maximum absolute atomic E-state index is 15.0. The van der Waals surface area contributed by atoms with E-state index in [1.54, 1.807) is 21.5 Å². The molecular formula is C27H29F3N6O2S. The van der Waals surface area contributed by atoms with E-state index in [1.807, 2.05) is 34.6 Å². The largest absolute Gasteiger partial charge is 0.444 e. The molecule has 1 aliphatic rings. The quantitative estimate of drug-likeness (QED) is 0.264. The summed E-state index contributed by atoms with van der Waals surface area (Å²) in [6, 6.07) is 4.85. The van der Waals surface area contributed by atoms with Crippen LogP contribution >= 0.6 is 11.3 Å². The number of likely N-dealkylation sites (tertiary alicyclic amines) is 1. The molecule has 0 N–H and O–H groups in total. The standard InChI is InChI=1S/C27H29F3N6O2S/c1-14(2)24-33-32-21-7-6-20(34-36(21)24)23-22(16-12-18(29)19(30)13-17(16)28)31-25(39-23)15-8-10-35(11-9-15)26(37)38-27(3,4)5/h6-7,12-15H,8-11H2,1-5H3. The summed E-state index contributed by atoms with van der Waals surface area (Å²) >= 11 is 1.33. The van der Waals surface area contributed by atoms with E-state index in [4.69, 9.17) is 14.8 Å². The monoisotopic (exact) mass is 558 g/mol. The van der Waals surface area contributed by atoms with Crippen molar-refractivity contribution in [2.45, 2.75) is 64.9 Å². The molecule has 0 saturated carbocycles. The Bertz CT molecular complexity index is 1540. The lowest BCUT2D eigenvalue weighted by molar-refractivity contribution is 0.0205. The van der Waals surface area contributed by atoms with E-state index >= 15 is 0 Å². The predicted molar refractivity (Wildman–Crippen MR) is 141 cm³/mol. The summed E-state index contributed by atoms with van der Waals surface area (Å²) in [5, 5.41) is 13.8. The molecule has 0 atom stereocenters. The van der Waals surface area contributed by atoms with Gasteiger partial charge in [-0.25, -0.2) is 22.9 Å². The van der Waals surface area contributed by atoms with Crippen molar-refractivity contribution in [3.05, 3.63) is 52.5 Å². The van der Waals surface area contributed by atoms with Crippen LogP contribution in [0.3, 0.4) is 0 Å². The van der Waals surface area contributed by atoms with Crippen LogP contribution in [0.15, 0.2) is 24.3 Å². The Morgan fingerprint density at radius 1 is 1.05 bits per heavy atom. The van der Waals surface area contributed by atoms with Crippen LogP contribution in [0.5, 0.6) is 0 Å². The van der Waals surface area contributed by atoms with Gasteiger partial charge in [0.2, 0.25) is 0 Å². The second-order valence-corrected chi connectivity index (χ2v) is 11.9. The highest BCUT2D eigenvalue weighted by Gasteiger charge is 2.31. The van der Waals surface area contributed by atoms with Crippen molar-refractivity contribution in [1.29, 1.82) is 0 Å². The minimum atomic E-state index is -1.27. The number of carbonyl (C=O) groups excluding carboxylic acids is 1. The summed E-state index contributed by atoms with van der Waals surface area (Å²) in [4.78, 5) is 19.4. The molecule has 0 radical (unpaired) electrons. The molecule has 1 saturated heterocycles. The number of rotatable bonds is 4. The Balaban J connectivity index is 1.53. The van der Waals surface area contributed by atoms with E-state index in [-0.39, 0.29) is 29.2 Å². The Morgan fingerprint density at radius 2 is 1.74 bits per heavy atom. The maximum Gasteiger partial charge on any atom is 0.410 e. The first kappa shape index (κ1) is 27.0. The van der Waals surface area contributed by atoms with Crippen molar-refractivity contribution in [3.8, 4) is 21.8 Å². The van der Waals surface area contributed by atoms with Gasteiger partial charge in [-0.05, 0) is 51.8 Å². The average molecular weight is 559 g/mol. The number of hydrogen-bond donors (Lipinski definition) is 0. The maximum atomic E-state index is 15.0. The molecule has 0 bridgehead atoms. The fourth-order valence-electron chi connectivity index (χ4n) is 4.49. The highest BCUT2D eigenvalue weighted by atomic mass is 32.1. The number of amides is 1. The zero-order valence-electron chi connectivity index (χ0n) is 22.3. The molecule has 5 rings (SSSR count). The minimum absolute atomic E-state index is 0.0144. The lowest BCUT2D eigenvalue weighted by Crippen LogP contribution is -2.41. The molecule has 206 valence electrons. The number of aromatic nitrogens is 5. The summed E-state index contributed by atoms with van der Waals surface area (Å²) in [5.74, 6) is -2.65. The van der Waals surface area contributed by atoms with Crippen LogP contribution in [-0.2, 0) is 4.74 Å². The van der Waals surface area contributed by atoms with Gasteiger partial charge in [0.05, 0.1) is 15.6 Å². The third kappa shape index (κ3) is 5.47. The smallest absolute Gasteiger partial charge is 0.410 e. The van der Waals surface area contributed by atoms with Gasteiger partial charge < -0.3 is 9.64 Å². The summed E-state index contributed by atoms with van der Waals surface area (Å²) in [6.07, 6.45) is 0.889. The van der Waals surface area contributed by atoms with Gasteiger partial charge >= 0.3 is 6.09 Å². The normalized spacial score (nSPS) is 14.9. The van der Waals surface area contributed by atoms with Crippen molar-refractivity contribution >= 4 is 23.1 Å². The van der Waals surface area contributed by atoms with Crippen LogP contribution in [0.2, 0.25) is 0 Å². The number of ether oxygens (including phenoxy) is 1. The zero-order valence-corrected chi connectivity index (χ0v) is 23.2. The molecule has 12 heteroatoms. The lowest BCUT2D eigenvalue weighted by Gasteiger charge is -2.32. The van der Waals surface area contributed by atoms with Crippen LogP contribution in [0.4, 0.5) is 18.0 Å². The number of halogens is 3. The third-order valence-electron chi connectivity index (χ3n) is 6.44. The van der Waals surface area contributed by atoms with E-state index in [2.05, 4.69) is 10.2 Å². The summed E-state index contributed by atoms with van der Waals surface area (Å²) in [7, 11) is 0. The fourth-order valence-corrected chi connectivity index (χ4v) is 5.71. The third-order valence-corrected chi connectivity index (χ3v) is 7.68. The Labute approximate surface area is 227 Å². The first-order chi connectivity index (χ1) is 18.4. The van der Waals surface area contributed by atoms with Crippen molar-refractivity contribution < 1.29 is 22.7 Å². The topological polar surface area (TPSA) is 85.5 Å². The Hall–Kier alpha value is -3.54. The molecule has 1 aliphatic heterocycles. The van der Waals surface area contributed by atoms with Crippen LogP contribution in [-0.4, -0.2) is 54.5 Å². The van der Waals surface area contributed by atoms with E-state index in [0.717, 1.165) is 6.07 Å². The van der Waals surface area contributed by atoms with Crippen LogP contribution in [0.1, 0.15) is 70.1 Å². The van der Waals surface area contributed by atoms with Gasteiger partial charge in [0.15, 0.2) is 23.1 Å². The van der Waals surface area contributed by atoms with Gasteiger partial charge in [0.25, 0.3) is 0 Å². The average Bonchev–Trinajstić information content (AvgIpc) is 3.50. The molecule has 39 heavy (non-hydrogen) atoms. The van der Waals surface area contributed by atoms with E-state index in [1.165, 1.54) is 11.3 Å². The number of fused-ring (bicyclic) bond motifs is 1. The second-order valence-electron chi connectivity index (χ2n) is 10.9. The van der Waals surface area contributed by atoms with Crippen LogP contribution in [0.25, 0.3) is 27.5 Å². The molecule has 4 aromatic rings. The SMILES string of the molecule is CC(C)c1nnc2ccc(-c3sc(C4CCN(C(=O)OC(C)(C)C)CC4)nc3-c3cc(F)c(F)cc3F)nn12. The Kier molecular flexibility index (Phi) is 7.08. The first-order valence-corrected chi connectivity index (χ1v) is 13.6. The summed E-state index contributed by atoms with van der Waals surface area (Å²) in [5.41, 5.74) is 0.496. The predicted octanol–water partition coefficient (Wildman–Crippen LogP) is 6.57. The van der Waals surface area contributed by atoms with Crippen LogP contribution in [0, 0.1) is 17.5 Å². The van der Waals surface area contributed by atoms with Gasteiger partial charge in [-0.1, -0.05) is 13.8 Å². The van der Waals surface area contributed by atoms with E-state index in [0.29, 0.717) is 59.0 Å². The van der Waals surface area contributed by atoms with Crippen LogP contribution < -0.4 is 0 Å². The van der Waals surface area contributed by atoms with E-state index in [9.17, 15) is 18.0 Å². The number of hydrogen-bond acceptors (Lipinski definition) is 7. The van der Waals surface area contributed by atoms with Gasteiger partial charge in [-0.2, -0.15) is 9.61 Å². The molecule has 0 unspecified atom stereocenters. The van der Waals surface area contributed by atoms with Crippen molar-refractivity contribution in [2.75, 3.05) is 13.1 Å². The van der Waals surface area contributed by atoms with E-state index < -0.39 is 23.1 Å². The first-order valence-electron chi connectivity index (χ1n) is 12.8. The highest BCUT2D eigenvalue weighted by Crippen LogP contribution is 2.42. The number of carbonyl (C=O) groups is 1. The summed E-state index contributed by atoms with van der Waals surface area (Å²) < 4.78 is 50.1. The highest BCUT2D eigenvalue weighted by molar-refractivity contribution is 7.15. The molecule has 1 aromatic carbocycles. The molecule has 3 aromatic heterocycles. The second kappa shape index (κ2) is 10.2. The lowest BCUT2D eigenvalue weighted by atomic mass is 9.98. The van der Waals surface area contributed by atoms with Crippen molar-refractivity contribution in [1.82, 2.24) is 29.7 Å². The molecule has 0 spiro atoms. The molecule has 1 fully saturated rings. The molecule has 1 amide bonds. The number of piperidine rings is 1. The zero-order chi connectivity index (χ0) is 28.1. The fraction of sp³-hybridized carbons (Fsp3) is 0.444. The summed E-state index contributed by atoms with van der Waals surface area (Å²) in [6.45, 7) is 10.4. The van der Waals surface area contributed by atoms with Crippen molar-refractivity contribution in [2.24, 2.45) is 0 Å². The van der Waals surface area contributed by atoms with Crippen molar-refractivity contribution in [3.63, 3.8) is 0 Å². The van der Waals surface area contributed by atoms with Gasteiger partial charge in [0.1, 0.15) is 17.1 Å². The molecule has 0 aliphatic carbocycles. The number of benzene rings is 1. The number of thiazole rings is 1.